The molecule has 26 nitrogen and oxygen atoms in total. The Morgan fingerprint density at radius 1 is 0.602 bits per heavy atom. The largest absolute Gasteiger partial charge is 0.432 e. The van der Waals surface area contributed by atoms with Crippen molar-refractivity contribution in [3.8, 4) is 0 Å². The van der Waals surface area contributed by atoms with Crippen molar-refractivity contribution in [2.24, 2.45) is 50.2 Å². The van der Waals surface area contributed by atoms with E-state index in [0.717, 1.165) is 5.57 Å². The van der Waals surface area contributed by atoms with E-state index >= 15 is 4.79 Å². The van der Waals surface area contributed by atoms with Crippen molar-refractivity contribution in [2.75, 3.05) is 39.6 Å². The number of aliphatic hydroxyl groups excluding tert-OH is 14. The van der Waals surface area contributed by atoms with Gasteiger partial charge in [-0.15, -0.1) is 0 Å². The lowest BCUT2D eigenvalue weighted by molar-refractivity contribution is -0.376. The molecule has 10 aliphatic rings. The standard InChI is InChI=1S/C57H92O26/c1-24-40(79-45-37(68)33(64)28(62)19-74-45)36(67)39(70)46(77-24)81-42-41(80-49-43(71)57(73,22-60)23-76-49)29(63)20-75-48(42)83-50(72)56-14-12-51(2,3)16-26(56)25-8-9-32-52(4)17-27(61)44(82-47-38(69)35(66)34(65)30(18-58)78-47)53(5,21-59)31(52)10-11-55(32,7)54(25,6)13-15-56/h8,24,26-49,58-71,73H,9-23H2,1-7H3/t24-,26-,27-,28+,29-,30+,31+,32+,33-,34+,35-,36-,37+,38+,39+,40-,41-,42+,43-,44-,45-,46-,47-,48-,49-,52-,53-,54+,55+,56-,57+/m0/s1. The number of hydrogen-bond acceptors (Lipinski definition) is 26. The second-order valence-electron chi connectivity index (χ2n) is 27.9. The van der Waals surface area contributed by atoms with E-state index in [1.807, 2.05) is 6.92 Å². The third-order valence-corrected chi connectivity index (χ3v) is 22.5. The fraction of sp³-hybridized carbons (Fsp3) is 0.947. The van der Waals surface area contributed by atoms with Crippen molar-refractivity contribution in [3.63, 3.8) is 0 Å². The molecule has 15 N–H and O–H groups in total. The molecule has 0 radical (unpaired) electrons. The van der Waals surface area contributed by atoms with Crippen LogP contribution in [0.1, 0.15) is 106 Å². The average molecular weight is 1190 g/mol. The molecule has 0 spiro atoms. The van der Waals surface area contributed by atoms with Gasteiger partial charge in [0.1, 0.15) is 85.0 Å². The normalized spacial score (nSPS) is 55.3. The van der Waals surface area contributed by atoms with Gasteiger partial charge in [-0.25, -0.2) is 0 Å². The highest BCUT2D eigenvalue weighted by atomic mass is 16.8. The number of hydrogen-bond donors (Lipinski definition) is 15. The lowest BCUT2D eigenvalue weighted by Gasteiger charge is -2.72. The number of esters is 1. The molecular formula is C57H92O26. The molecular weight excluding hydrogens is 1100 g/mol. The number of rotatable bonds is 13. The Morgan fingerprint density at radius 2 is 1.23 bits per heavy atom. The molecule has 10 rings (SSSR count). The van der Waals surface area contributed by atoms with Crippen molar-refractivity contribution in [1.82, 2.24) is 0 Å². The van der Waals surface area contributed by atoms with Crippen LogP contribution in [0, 0.1) is 50.2 Å². The summed E-state index contributed by atoms with van der Waals surface area (Å²) < 4.78 is 60.1. The molecule has 5 saturated heterocycles. The predicted octanol–water partition coefficient (Wildman–Crippen LogP) is -3.32. The summed E-state index contributed by atoms with van der Waals surface area (Å²) in [5.74, 6) is -1.26. The van der Waals surface area contributed by atoms with Gasteiger partial charge >= 0.3 is 5.97 Å². The van der Waals surface area contributed by atoms with Crippen molar-refractivity contribution >= 4 is 5.97 Å². The van der Waals surface area contributed by atoms with Gasteiger partial charge in [0.05, 0.1) is 63.4 Å². The van der Waals surface area contributed by atoms with E-state index in [4.69, 9.17) is 47.4 Å². The number of carbonyl (C=O) groups is 1. The maximum atomic E-state index is 15.7. The molecule has 5 heterocycles. The molecule has 5 aliphatic carbocycles. The minimum absolute atomic E-state index is 0.0468. The average Bonchev–Trinajstić information content (AvgIpc) is 1.07. The van der Waals surface area contributed by atoms with Crippen LogP contribution in [0.3, 0.4) is 0 Å². The summed E-state index contributed by atoms with van der Waals surface area (Å²) in [6.45, 7) is 10.9. The lowest BCUT2D eigenvalue weighted by atomic mass is 9.33. The zero-order chi connectivity index (χ0) is 60.5. The zero-order valence-corrected chi connectivity index (χ0v) is 48.3. The first kappa shape index (κ1) is 64.2. The molecule has 4 saturated carbocycles. The van der Waals surface area contributed by atoms with E-state index in [0.29, 0.717) is 51.4 Å². The van der Waals surface area contributed by atoms with Crippen LogP contribution in [-0.4, -0.2) is 263 Å². The third kappa shape index (κ3) is 10.5. The highest BCUT2D eigenvalue weighted by Crippen LogP contribution is 2.76. The highest BCUT2D eigenvalue weighted by Gasteiger charge is 2.72. The molecule has 0 bridgehead atoms. The summed E-state index contributed by atoms with van der Waals surface area (Å²) in [6, 6.07) is 0. The van der Waals surface area contributed by atoms with Crippen LogP contribution in [0.4, 0.5) is 0 Å². The maximum Gasteiger partial charge on any atom is 0.315 e. The van der Waals surface area contributed by atoms with Crippen LogP contribution in [0.2, 0.25) is 0 Å². The van der Waals surface area contributed by atoms with Crippen molar-refractivity contribution < 1.29 is 129 Å². The Hall–Kier alpha value is -1.75. The second-order valence-corrected chi connectivity index (χ2v) is 27.9. The quantitative estimate of drug-likeness (QED) is 0.0487. The number of carbonyl (C=O) groups excluding carboxylic acids is 1. The molecule has 476 valence electrons. The summed E-state index contributed by atoms with van der Waals surface area (Å²) in [5, 5.41) is 163. The van der Waals surface area contributed by atoms with Gasteiger partial charge in [-0.2, -0.15) is 0 Å². The Bertz CT molecular complexity index is 2330. The summed E-state index contributed by atoms with van der Waals surface area (Å²) in [6.07, 6.45) is -27.7. The van der Waals surface area contributed by atoms with Crippen LogP contribution >= 0.6 is 0 Å². The van der Waals surface area contributed by atoms with Crippen molar-refractivity contribution in [2.45, 2.75) is 247 Å². The molecule has 0 amide bonds. The first-order valence-electron chi connectivity index (χ1n) is 29.6. The molecule has 9 fully saturated rings. The summed E-state index contributed by atoms with van der Waals surface area (Å²) >= 11 is 0. The third-order valence-electron chi connectivity index (χ3n) is 22.5. The smallest absolute Gasteiger partial charge is 0.315 e. The van der Waals surface area contributed by atoms with E-state index in [2.05, 4.69) is 40.7 Å². The summed E-state index contributed by atoms with van der Waals surface area (Å²) in [4.78, 5) is 15.7. The maximum absolute atomic E-state index is 15.7. The van der Waals surface area contributed by atoms with Gasteiger partial charge in [0.25, 0.3) is 0 Å². The van der Waals surface area contributed by atoms with Crippen LogP contribution in [0.5, 0.6) is 0 Å². The minimum Gasteiger partial charge on any atom is -0.432 e. The van der Waals surface area contributed by atoms with E-state index < -0.39 is 214 Å². The van der Waals surface area contributed by atoms with E-state index in [9.17, 15) is 76.6 Å². The number of allylic oxidation sites excluding steroid dienone is 2. The van der Waals surface area contributed by atoms with Gasteiger partial charge in [-0.3, -0.25) is 4.79 Å². The van der Waals surface area contributed by atoms with Gasteiger partial charge < -0.3 is 124 Å². The summed E-state index contributed by atoms with van der Waals surface area (Å²) in [7, 11) is 0. The van der Waals surface area contributed by atoms with Gasteiger partial charge in [0.2, 0.25) is 6.29 Å². The Balaban J connectivity index is 0.924. The van der Waals surface area contributed by atoms with Crippen LogP contribution in [0.15, 0.2) is 11.6 Å². The Kier molecular flexibility index (Phi) is 18.0. The highest BCUT2D eigenvalue weighted by molar-refractivity contribution is 5.79. The van der Waals surface area contributed by atoms with Gasteiger partial charge in [0.15, 0.2) is 31.3 Å². The first-order chi connectivity index (χ1) is 38.9. The number of ether oxygens (including phenoxy) is 10. The fourth-order valence-electron chi connectivity index (χ4n) is 17.3. The van der Waals surface area contributed by atoms with Gasteiger partial charge in [-0.1, -0.05) is 53.2 Å². The lowest BCUT2D eigenvalue weighted by Crippen LogP contribution is -2.69. The molecule has 0 aromatic heterocycles. The molecule has 83 heavy (non-hydrogen) atoms. The number of fused-ring (bicyclic) bond motifs is 7. The van der Waals surface area contributed by atoms with E-state index in [1.54, 1.807) is 0 Å². The Morgan fingerprint density at radius 3 is 1.90 bits per heavy atom. The van der Waals surface area contributed by atoms with Gasteiger partial charge in [-0.05, 0) is 104 Å². The molecule has 5 aliphatic heterocycles. The first-order valence-corrected chi connectivity index (χ1v) is 29.6. The van der Waals surface area contributed by atoms with Crippen LogP contribution in [0.25, 0.3) is 0 Å². The minimum atomic E-state index is -2.15. The molecule has 0 unspecified atom stereocenters. The molecule has 31 atom stereocenters. The fourth-order valence-corrected chi connectivity index (χ4v) is 17.3. The Labute approximate surface area is 482 Å². The molecule has 26 heteroatoms. The van der Waals surface area contributed by atoms with Gasteiger partial charge in [0, 0.05) is 5.41 Å². The molecule has 0 aromatic carbocycles. The second kappa shape index (κ2) is 23.2. The monoisotopic (exact) mass is 1190 g/mol. The van der Waals surface area contributed by atoms with Crippen molar-refractivity contribution in [3.05, 3.63) is 11.6 Å². The van der Waals surface area contributed by atoms with E-state index in [-0.39, 0.29) is 29.6 Å². The zero-order valence-electron chi connectivity index (χ0n) is 48.3. The topological polar surface area (TPSA) is 413 Å². The predicted molar refractivity (Wildman–Crippen MR) is 279 cm³/mol. The summed E-state index contributed by atoms with van der Waals surface area (Å²) in [5.41, 5.74) is -4.99. The van der Waals surface area contributed by atoms with Crippen LogP contribution < -0.4 is 0 Å². The SMILES string of the molecule is C[C@@H]1O[C@@H](O[C@H]2[C@H](OC(=O)[C@]34CCC(C)(C)C[C@H]3C3=CC[C@@H]5[C@@]6(C)C[C@H](O)[C@H](O[C@@H]7O[C@H](CO)[C@@H](O)[C@H](O)[C@H]7O)[C@@](C)(CO)[C@@H]6CC[C@@]5(C)[C@]3(C)CC4)OC[C@H](O)[C@@H]2O[C@@H]2OC[C@](O)(CO)[C@H]2O)[C@H](O)[C@H](O)[C@H]1O[C@@H]1OC[C@@H](O)[C@H](O)[C@H]1O. The molecule has 0 aromatic rings. The van der Waals surface area contributed by atoms with Crippen molar-refractivity contribution in [1.29, 1.82) is 0 Å². The van der Waals surface area contributed by atoms with Crippen LogP contribution in [-0.2, 0) is 52.2 Å². The van der Waals surface area contributed by atoms with E-state index in [1.165, 1.54) is 6.92 Å². The number of aliphatic hydroxyl groups is 15.